The molecule has 1 aliphatic rings. The maximum Gasteiger partial charge on any atom is 0.257 e. The molecule has 2 aromatic carbocycles. The Morgan fingerprint density at radius 1 is 1.00 bits per heavy atom. The number of nitrogens with zero attached hydrogens (tertiary/aromatic N) is 2. The number of benzene rings is 2. The van der Waals surface area contributed by atoms with Gasteiger partial charge in [0.15, 0.2) is 5.82 Å². The van der Waals surface area contributed by atoms with Crippen LogP contribution in [0.4, 0.5) is 5.82 Å². The van der Waals surface area contributed by atoms with Crippen LogP contribution in [0, 0.1) is 0 Å². The molecule has 30 heavy (non-hydrogen) atoms. The Labute approximate surface area is 174 Å². The molecule has 2 aromatic heterocycles. The lowest BCUT2D eigenvalue weighted by Crippen LogP contribution is -2.14. The van der Waals surface area contributed by atoms with Gasteiger partial charge in [-0.2, -0.15) is 5.10 Å². The Hall–Kier alpha value is -3.51. The number of anilines is 1. The highest BCUT2D eigenvalue weighted by Crippen LogP contribution is 2.28. The first-order valence-electron chi connectivity index (χ1n) is 10.2. The summed E-state index contributed by atoms with van der Waals surface area (Å²) in [5, 5.41) is 11.1. The highest BCUT2D eigenvalue weighted by molar-refractivity contribution is 6.12. The zero-order chi connectivity index (χ0) is 20.3. The Bertz CT molecular complexity index is 1180. The predicted molar refractivity (Wildman–Crippen MR) is 117 cm³/mol. The van der Waals surface area contributed by atoms with E-state index in [1.54, 1.807) is 0 Å². The number of H-pyrrole nitrogens is 1. The van der Waals surface area contributed by atoms with E-state index in [9.17, 15) is 4.79 Å². The van der Waals surface area contributed by atoms with E-state index in [4.69, 9.17) is 9.72 Å². The lowest BCUT2D eigenvalue weighted by Gasteiger charge is -2.20. The van der Waals surface area contributed by atoms with E-state index in [1.807, 2.05) is 66.7 Å². The van der Waals surface area contributed by atoms with E-state index in [0.717, 1.165) is 53.9 Å². The molecule has 5 rings (SSSR count). The number of hydrogen-bond acceptors (Lipinski definition) is 4. The van der Waals surface area contributed by atoms with Crippen molar-refractivity contribution in [2.24, 2.45) is 0 Å². The lowest BCUT2D eigenvalue weighted by atomic mass is 9.97. The maximum atomic E-state index is 13.2. The van der Waals surface area contributed by atoms with Crippen molar-refractivity contribution in [2.45, 2.75) is 18.8 Å². The number of carbonyl (C=O) groups excluding carboxylic acids is 1. The van der Waals surface area contributed by atoms with Gasteiger partial charge in [0.2, 0.25) is 0 Å². The molecule has 6 heteroatoms. The summed E-state index contributed by atoms with van der Waals surface area (Å²) in [6, 6.07) is 21.3. The van der Waals surface area contributed by atoms with Gasteiger partial charge >= 0.3 is 0 Å². The average Bonchev–Trinajstić information content (AvgIpc) is 3.28. The van der Waals surface area contributed by atoms with Crippen LogP contribution in [0.1, 0.15) is 34.8 Å². The molecule has 0 radical (unpaired) electrons. The minimum absolute atomic E-state index is 0.198. The standard InChI is InChI=1S/C24H22N4O2/c29-24(26-23-15-22(27-28-23)17-10-12-30-13-11-17)19-14-21(16-6-2-1-3-7-16)25-20-9-5-4-8-18(19)20/h1-9,14-15,17H,10-13H2,(H2,26,27,28,29). The summed E-state index contributed by atoms with van der Waals surface area (Å²) >= 11 is 0. The largest absolute Gasteiger partial charge is 0.381 e. The van der Waals surface area contributed by atoms with Gasteiger partial charge < -0.3 is 10.1 Å². The summed E-state index contributed by atoms with van der Waals surface area (Å²) < 4.78 is 5.43. The molecule has 2 N–H and O–H groups in total. The van der Waals surface area contributed by atoms with Crippen LogP contribution in [0.25, 0.3) is 22.2 Å². The Balaban J connectivity index is 1.46. The second kappa shape index (κ2) is 8.08. The number of pyridine rings is 1. The molecule has 0 aliphatic carbocycles. The summed E-state index contributed by atoms with van der Waals surface area (Å²) in [5.74, 6) is 0.725. The zero-order valence-corrected chi connectivity index (χ0v) is 16.5. The van der Waals surface area contributed by atoms with E-state index in [-0.39, 0.29) is 5.91 Å². The van der Waals surface area contributed by atoms with Gasteiger partial charge in [-0.05, 0) is 25.0 Å². The number of ether oxygens (including phenoxy) is 1. The first kappa shape index (κ1) is 18.5. The lowest BCUT2D eigenvalue weighted by molar-refractivity contribution is 0.0845. The monoisotopic (exact) mass is 398 g/mol. The maximum absolute atomic E-state index is 13.2. The molecular weight excluding hydrogens is 376 g/mol. The van der Waals surface area contributed by atoms with Gasteiger partial charge in [-0.1, -0.05) is 48.5 Å². The number of nitrogens with one attached hydrogen (secondary N) is 2. The van der Waals surface area contributed by atoms with E-state index in [2.05, 4.69) is 15.5 Å². The minimum Gasteiger partial charge on any atom is -0.381 e. The zero-order valence-electron chi connectivity index (χ0n) is 16.5. The fourth-order valence-corrected chi connectivity index (χ4v) is 3.92. The predicted octanol–water partition coefficient (Wildman–Crippen LogP) is 4.77. The second-order valence-corrected chi connectivity index (χ2v) is 7.49. The molecule has 1 fully saturated rings. The normalized spacial score (nSPS) is 14.7. The highest BCUT2D eigenvalue weighted by Gasteiger charge is 2.20. The molecule has 0 atom stereocenters. The number of rotatable bonds is 4. The third-order valence-corrected chi connectivity index (χ3v) is 5.53. The summed E-state index contributed by atoms with van der Waals surface area (Å²) in [5.41, 5.74) is 4.14. The molecule has 1 aliphatic heterocycles. The van der Waals surface area contributed by atoms with Gasteiger partial charge in [0.05, 0.1) is 16.8 Å². The fraction of sp³-hybridized carbons (Fsp3) is 0.208. The van der Waals surface area contributed by atoms with E-state index >= 15 is 0 Å². The molecular formula is C24H22N4O2. The van der Waals surface area contributed by atoms with Crippen molar-refractivity contribution < 1.29 is 9.53 Å². The Morgan fingerprint density at radius 2 is 1.77 bits per heavy atom. The SMILES string of the molecule is O=C(Nc1cc(C2CCOCC2)[nH]n1)c1cc(-c2ccccc2)nc2ccccc12. The van der Waals surface area contributed by atoms with Gasteiger partial charge in [-0.15, -0.1) is 0 Å². The van der Waals surface area contributed by atoms with E-state index < -0.39 is 0 Å². The van der Waals surface area contributed by atoms with Crippen molar-refractivity contribution in [1.29, 1.82) is 0 Å². The average molecular weight is 398 g/mol. The van der Waals surface area contributed by atoms with Gasteiger partial charge in [-0.25, -0.2) is 4.98 Å². The summed E-state index contributed by atoms with van der Waals surface area (Å²) in [6.45, 7) is 1.52. The van der Waals surface area contributed by atoms with Crippen LogP contribution in [0.2, 0.25) is 0 Å². The Morgan fingerprint density at radius 3 is 2.60 bits per heavy atom. The van der Waals surface area contributed by atoms with Crippen molar-refractivity contribution in [3.05, 3.63) is 78.0 Å². The van der Waals surface area contributed by atoms with Gasteiger partial charge in [0.1, 0.15) is 0 Å². The highest BCUT2D eigenvalue weighted by atomic mass is 16.5. The number of aromatic amines is 1. The third kappa shape index (κ3) is 3.69. The number of amides is 1. The van der Waals surface area contributed by atoms with E-state index in [0.29, 0.717) is 17.3 Å². The number of fused-ring (bicyclic) bond motifs is 1. The summed E-state index contributed by atoms with van der Waals surface area (Å²) in [7, 11) is 0. The van der Waals surface area contributed by atoms with Crippen LogP contribution < -0.4 is 5.32 Å². The first-order chi connectivity index (χ1) is 14.8. The van der Waals surface area contributed by atoms with Crippen LogP contribution in [0.5, 0.6) is 0 Å². The molecule has 6 nitrogen and oxygen atoms in total. The van der Waals surface area contributed by atoms with Gasteiger partial charge in [-0.3, -0.25) is 9.89 Å². The van der Waals surface area contributed by atoms with Crippen molar-refractivity contribution >= 4 is 22.6 Å². The van der Waals surface area contributed by atoms with Crippen molar-refractivity contribution in [1.82, 2.24) is 15.2 Å². The van der Waals surface area contributed by atoms with Crippen molar-refractivity contribution in [3.63, 3.8) is 0 Å². The number of carbonyl (C=O) groups is 1. The second-order valence-electron chi connectivity index (χ2n) is 7.49. The number of para-hydroxylation sites is 1. The molecule has 150 valence electrons. The first-order valence-corrected chi connectivity index (χ1v) is 10.2. The molecule has 1 amide bonds. The molecule has 0 spiro atoms. The summed E-state index contributed by atoms with van der Waals surface area (Å²) in [4.78, 5) is 17.9. The number of aromatic nitrogens is 3. The molecule has 4 aromatic rings. The molecule has 0 unspecified atom stereocenters. The van der Waals surface area contributed by atoms with E-state index in [1.165, 1.54) is 0 Å². The van der Waals surface area contributed by atoms with Crippen molar-refractivity contribution in [2.75, 3.05) is 18.5 Å². The van der Waals surface area contributed by atoms with Crippen molar-refractivity contribution in [3.8, 4) is 11.3 Å². The molecule has 3 heterocycles. The van der Waals surface area contributed by atoms with Crippen LogP contribution in [0.3, 0.4) is 0 Å². The van der Waals surface area contributed by atoms with Crippen LogP contribution in [-0.2, 0) is 4.74 Å². The topological polar surface area (TPSA) is 79.9 Å². The molecule has 1 saturated heterocycles. The van der Waals surface area contributed by atoms with Crippen LogP contribution in [0.15, 0.2) is 66.7 Å². The molecule has 0 bridgehead atoms. The smallest absolute Gasteiger partial charge is 0.257 e. The fourth-order valence-electron chi connectivity index (χ4n) is 3.92. The summed E-state index contributed by atoms with van der Waals surface area (Å²) in [6.07, 6.45) is 1.93. The third-order valence-electron chi connectivity index (χ3n) is 5.53. The Kier molecular flexibility index (Phi) is 4.99. The van der Waals surface area contributed by atoms with Crippen LogP contribution >= 0.6 is 0 Å². The number of hydrogen-bond donors (Lipinski definition) is 2. The van der Waals surface area contributed by atoms with Crippen LogP contribution in [-0.4, -0.2) is 34.3 Å². The molecule has 0 saturated carbocycles. The minimum atomic E-state index is -0.198. The quantitative estimate of drug-likeness (QED) is 0.519. The van der Waals surface area contributed by atoms with Gasteiger partial charge in [0.25, 0.3) is 5.91 Å². The van der Waals surface area contributed by atoms with Gasteiger partial charge in [0, 0.05) is 41.8 Å².